The molecule has 0 radical (unpaired) electrons. The number of aliphatic imine (C=N–C) groups is 1. The van der Waals surface area contributed by atoms with Gasteiger partial charge < -0.3 is 0 Å². The van der Waals surface area contributed by atoms with Crippen LogP contribution >= 0.6 is 0 Å². The molecule has 0 aliphatic carbocycles. The Morgan fingerprint density at radius 3 is 2.50 bits per heavy atom. The normalized spacial score (nSPS) is 11.8. The standard InChI is InChI=1S/C11H15N/c1-4-11(12-3)10-8-6-5-7-9(10)2/h5-8H,4H2,1-3H3/b12-11-. The second-order valence-corrected chi connectivity index (χ2v) is 2.84. The van der Waals surface area contributed by atoms with Gasteiger partial charge in [-0.15, -0.1) is 0 Å². The van der Waals surface area contributed by atoms with Crippen molar-refractivity contribution in [2.75, 3.05) is 7.05 Å². The summed E-state index contributed by atoms with van der Waals surface area (Å²) in [5.74, 6) is 0. The van der Waals surface area contributed by atoms with Crippen molar-refractivity contribution in [3.05, 3.63) is 35.4 Å². The third-order valence-corrected chi connectivity index (χ3v) is 2.06. The van der Waals surface area contributed by atoms with Crippen LogP contribution in [0, 0.1) is 6.92 Å². The van der Waals surface area contributed by atoms with E-state index in [1.165, 1.54) is 16.8 Å². The van der Waals surface area contributed by atoms with Crippen molar-refractivity contribution in [2.24, 2.45) is 4.99 Å². The van der Waals surface area contributed by atoms with Gasteiger partial charge in [0, 0.05) is 12.8 Å². The predicted molar refractivity (Wildman–Crippen MR) is 53.9 cm³/mol. The number of aryl methyl sites for hydroxylation is 1. The first-order valence-electron chi connectivity index (χ1n) is 4.31. The Balaban J connectivity index is 3.10. The van der Waals surface area contributed by atoms with E-state index >= 15 is 0 Å². The third kappa shape index (κ3) is 1.73. The molecule has 0 amide bonds. The quantitative estimate of drug-likeness (QED) is 0.591. The summed E-state index contributed by atoms with van der Waals surface area (Å²) in [6, 6.07) is 8.36. The number of hydrogen-bond acceptors (Lipinski definition) is 1. The van der Waals surface area contributed by atoms with Gasteiger partial charge in [0.15, 0.2) is 0 Å². The fourth-order valence-corrected chi connectivity index (χ4v) is 1.37. The zero-order chi connectivity index (χ0) is 8.97. The van der Waals surface area contributed by atoms with Crippen LogP contribution in [0.25, 0.3) is 0 Å². The summed E-state index contributed by atoms with van der Waals surface area (Å²) in [6.07, 6.45) is 1.00. The van der Waals surface area contributed by atoms with Crippen LogP contribution in [0.1, 0.15) is 24.5 Å². The lowest BCUT2D eigenvalue weighted by atomic mass is 10.0. The van der Waals surface area contributed by atoms with Crippen molar-refractivity contribution in [1.29, 1.82) is 0 Å². The Morgan fingerprint density at radius 1 is 1.33 bits per heavy atom. The van der Waals surface area contributed by atoms with Gasteiger partial charge in [-0.05, 0) is 24.5 Å². The highest BCUT2D eigenvalue weighted by Gasteiger charge is 2.01. The molecule has 1 aromatic rings. The molecule has 0 spiro atoms. The molecule has 12 heavy (non-hydrogen) atoms. The Hall–Kier alpha value is -1.11. The molecule has 0 aromatic heterocycles. The van der Waals surface area contributed by atoms with E-state index in [0.29, 0.717) is 0 Å². The minimum Gasteiger partial charge on any atom is -0.292 e. The van der Waals surface area contributed by atoms with Gasteiger partial charge in [-0.25, -0.2) is 0 Å². The minimum absolute atomic E-state index is 1.00. The van der Waals surface area contributed by atoms with Crippen LogP contribution in [0.15, 0.2) is 29.3 Å². The van der Waals surface area contributed by atoms with Gasteiger partial charge in [-0.1, -0.05) is 31.2 Å². The number of rotatable bonds is 2. The first kappa shape index (κ1) is 8.98. The van der Waals surface area contributed by atoms with E-state index in [1.54, 1.807) is 0 Å². The van der Waals surface area contributed by atoms with Gasteiger partial charge in [-0.2, -0.15) is 0 Å². The highest BCUT2D eigenvalue weighted by atomic mass is 14.7. The monoisotopic (exact) mass is 161 g/mol. The van der Waals surface area contributed by atoms with Crippen LogP contribution in [-0.4, -0.2) is 12.8 Å². The average molecular weight is 161 g/mol. The predicted octanol–water partition coefficient (Wildman–Crippen LogP) is 2.82. The highest BCUT2D eigenvalue weighted by Crippen LogP contribution is 2.10. The molecule has 0 heterocycles. The zero-order valence-electron chi connectivity index (χ0n) is 7.96. The van der Waals surface area contributed by atoms with Gasteiger partial charge in [0.2, 0.25) is 0 Å². The average Bonchev–Trinajstić information content (AvgIpc) is 2.10. The van der Waals surface area contributed by atoms with Crippen LogP contribution in [0.5, 0.6) is 0 Å². The van der Waals surface area contributed by atoms with Crippen LogP contribution < -0.4 is 0 Å². The van der Waals surface area contributed by atoms with Crippen molar-refractivity contribution in [1.82, 2.24) is 0 Å². The van der Waals surface area contributed by atoms with Crippen LogP contribution in [0.4, 0.5) is 0 Å². The second-order valence-electron chi connectivity index (χ2n) is 2.84. The van der Waals surface area contributed by atoms with Crippen LogP contribution in [-0.2, 0) is 0 Å². The fraction of sp³-hybridized carbons (Fsp3) is 0.364. The first-order chi connectivity index (χ1) is 5.79. The first-order valence-corrected chi connectivity index (χ1v) is 4.31. The van der Waals surface area contributed by atoms with Crippen molar-refractivity contribution in [3.63, 3.8) is 0 Å². The van der Waals surface area contributed by atoms with Gasteiger partial charge in [0.25, 0.3) is 0 Å². The summed E-state index contributed by atoms with van der Waals surface area (Å²) in [6.45, 7) is 4.25. The molecule has 1 rings (SSSR count). The lowest BCUT2D eigenvalue weighted by molar-refractivity contribution is 1.23. The van der Waals surface area contributed by atoms with Crippen LogP contribution in [0.2, 0.25) is 0 Å². The molecule has 1 heteroatoms. The van der Waals surface area contributed by atoms with Gasteiger partial charge >= 0.3 is 0 Å². The van der Waals surface area contributed by atoms with Gasteiger partial charge in [0.05, 0.1) is 0 Å². The van der Waals surface area contributed by atoms with Crippen molar-refractivity contribution in [2.45, 2.75) is 20.3 Å². The third-order valence-electron chi connectivity index (χ3n) is 2.06. The van der Waals surface area contributed by atoms with E-state index in [1.807, 2.05) is 7.05 Å². The van der Waals surface area contributed by atoms with E-state index in [0.717, 1.165) is 6.42 Å². The molecule has 0 fully saturated rings. The van der Waals surface area contributed by atoms with E-state index in [9.17, 15) is 0 Å². The smallest absolute Gasteiger partial charge is 0.0417 e. The maximum Gasteiger partial charge on any atom is 0.0417 e. The highest BCUT2D eigenvalue weighted by molar-refractivity contribution is 6.01. The van der Waals surface area contributed by atoms with E-state index in [2.05, 4.69) is 43.1 Å². The molecule has 1 aromatic carbocycles. The summed E-state index contributed by atoms with van der Waals surface area (Å²) in [5, 5.41) is 0. The van der Waals surface area contributed by atoms with Gasteiger partial charge in [-0.3, -0.25) is 4.99 Å². The maximum atomic E-state index is 4.25. The molecule has 0 unspecified atom stereocenters. The SMILES string of the molecule is CC/C(=N/C)c1ccccc1C. The van der Waals surface area contributed by atoms with Crippen molar-refractivity contribution in [3.8, 4) is 0 Å². The Morgan fingerprint density at radius 2 is 2.00 bits per heavy atom. The molecule has 0 saturated heterocycles. The lowest BCUT2D eigenvalue weighted by Crippen LogP contribution is -2.00. The molecule has 0 atom stereocenters. The molecule has 0 aliphatic rings. The van der Waals surface area contributed by atoms with E-state index in [4.69, 9.17) is 0 Å². The summed E-state index contributed by atoms with van der Waals surface area (Å²) >= 11 is 0. The molecule has 64 valence electrons. The summed E-state index contributed by atoms with van der Waals surface area (Å²) < 4.78 is 0. The zero-order valence-corrected chi connectivity index (χ0v) is 7.96. The molecule has 0 N–H and O–H groups in total. The Labute approximate surface area is 74.2 Å². The van der Waals surface area contributed by atoms with Crippen LogP contribution in [0.3, 0.4) is 0 Å². The summed E-state index contributed by atoms with van der Waals surface area (Å²) in [5.41, 5.74) is 3.77. The van der Waals surface area contributed by atoms with Crippen molar-refractivity contribution < 1.29 is 0 Å². The number of hydrogen-bond donors (Lipinski definition) is 0. The van der Waals surface area contributed by atoms with E-state index in [-0.39, 0.29) is 0 Å². The summed E-state index contributed by atoms with van der Waals surface area (Å²) in [7, 11) is 1.85. The minimum atomic E-state index is 1.00. The summed E-state index contributed by atoms with van der Waals surface area (Å²) in [4.78, 5) is 4.25. The molecular formula is C11H15N. The van der Waals surface area contributed by atoms with Crippen molar-refractivity contribution >= 4 is 5.71 Å². The second kappa shape index (κ2) is 4.05. The van der Waals surface area contributed by atoms with E-state index < -0.39 is 0 Å². The molecular weight excluding hydrogens is 146 g/mol. The Bertz CT molecular complexity index is 287. The maximum absolute atomic E-state index is 4.25. The topological polar surface area (TPSA) is 12.4 Å². The number of benzene rings is 1. The fourth-order valence-electron chi connectivity index (χ4n) is 1.37. The largest absolute Gasteiger partial charge is 0.292 e. The molecule has 1 nitrogen and oxygen atoms in total. The molecule has 0 aliphatic heterocycles. The molecule has 0 saturated carbocycles. The Kier molecular flexibility index (Phi) is 3.03. The van der Waals surface area contributed by atoms with Gasteiger partial charge in [0.1, 0.15) is 0 Å². The lowest BCUT2D eigenvalue weighted by Gasteiger charge is -2.05. The number of nitrogens with zero attached hydrogens (tertiary/aromatic N) is 1. The molecule has 0 bridgehead atoms.